The van der Waals surface area contributed by atoms with E-state index in [0.717, 1.165) is 44.3 Å². The number of hydrogen-bond acceptors (Lipinski definition) is 4. The molecule has 3 fully saturated rings. The maximum atomic E-state index is 13.0. The standard InChI is InChI=1S/C21H30N4O2/c26-20-14-17(15-25(20)16-18-6-3-4-9-22-18)21(27)24-11-5-10-23(12-13-24)19-7-1-2-8-19/h3-4,6,9,17,19H,1-2,5,7-8,10-16H2/t17-/m1/s1. The van der Waals surface area contributed by atoms with E-state index in [1.165, 1.54) is 25.7 Å². The maximum absolute atomic E-state index is 13.0. The third-order valence-corrected chi connectivity index (χ3v) is 6.33. The Balaban J connectivity index is 1.32. The highest BCUT2D eigenvalue weighted by Crippen LogP contribution is 2.26. The van der Waals surface area contributed by atoms with E-state index < -0.39 is 0 Å². The minimum absolute atomic E-state index is 0.0707. The van der Waals surface area contributed by atoms with Gasteiger partial charge in [-0.25, -0.2) is 0 Å². The first-order chi connectivity index (χ1) is 13.2. The fourth-order valence-corrected chi connectivity index (χ4v) is 4.83. The third kappa shape index (κ3) is 4.32. The minimum Gasteiger partial charge on any atom is -0.341 e. The fraction of sp³-hybridized carbons (Fsp3) is 0.667. The van der Waals surface area contributed by atoms with Crippen LogP contribution in [-0.2, 0) is 16.1 Å². The van der Waals surface area contributed by atoms with Gasteiger partial charge in [0.25, 0.3) is 0 Å². The predicted molar refractivity (Wildman–Crippen MR) is 103 cm³/mol. The van der Waals surface area contributed by atoms with Gasteiger partial charge in [0.1, 0.15) is 0 Å². The van der Waals surface area contributed by atoms with E-state index in [2.05, 4.69) is 9.88 Å². The van der Waals surface area contributed by atoms with E-state index in [4.69, 9.17) is 0 Å². The van der Waals surface area contributed by atoms with Crippen molar-refractivity contribution in [3.63, 3.8) is 0 Å². The van der Waals surface area contributed by atoms with Crippen LogP contribution in [0.4, 0.5) is 0 Å². The second-order valence-corrected chi connectivity index (χ2v) is 8.15. The number of rotatable bonds is 4. The Morgan fingerprint density at radius 1 is 1.07 bits per heavy atom. The Labute approximate surface area is 161 Å². The molecule has 146 valence electrons. The summed E-state index contributed by atoms with van der Waals surface area (Å²) in [6.45, 7) is 4.74. The SMILES string of the molecule is O=C1C[C@@H](C(=O)N2CCCN(C3CCCC3)CC2)CN1Cc1ccccn1. The summed E-state index contributed by atoms with van der Waals surface area (Å²) in [5.41, 5.74) is 0.876. The first kappa shape index (κ1) is 18.4. The molecule has 3 heterocycles. The third-order valence-electron chi connectivity index (χ3n) is 6.33. The molecule has 27 heavy (non-hydrogen) atoms. The maximum Gasteiger partial charge on any atom is 0.228 e. The Morgan fingerprint density at radius 3 is 2.70 bits per heavy atom. The molecular formula is C21H30N4O2. The summed E-state index contributed by atoms with van der Waals surface area (Å²) >= 11 is 0. The summed E-state index contributed by atoms with van der Waals surface area (Å²) in [7, 11) is 0. The molecule has 4 rings (SSSR count). The van der Waals surface area contributed by atoms with Gasteiger partial charge in [0.05, 0.1) is 18.2 Å². The largest absolute Gasteiger partial charge is 0.341 e. The van der Waals surface area contributed by atoms with Crippen LogP contribution in [0.2, 0.25) is 0 Å². The van der Waals surface area contributed by atoms with Crippen molar-refractivity contribution >= 4 is 11.8 Å². The molecule has 1 aromatic heterocycles. The number of pyridine rings is 1. The molecule has 2 aliphatic heterocycles. The molecule has 1 aromatic rings. The lowest BCUT2D eigenvalue weighted by molar-refractivity contribution is -0.135. The molecule has 6 nitrogen and oxygen atoms in total. The van der Waals surface area contributed by atoms with Crippen molar-refractivity contribution in [3.05, 3.63) is 30.1 Å². The van der Waals surface area contributed by atoms with E-state index in [0.29, 0.717) is 19.5 Å². The Hall–Kier alpha value is -1.95. The predicted octanol–water partition coefficient (Wildman–Crippen LogP) is 1.91. The molecule has 0 aromatic carbocycles. The van der Waals surface area contributed by atoms with Crippen molar-refractivity contribution in [1.82, 2.24) is 19.7 Å². The number of likely N-dealkylation sites (tertiary alicyclic amines) is 1. The van der Waals surface area contributed by atoms with Gasteiger partial charge in [-0.15, -0.1) is 0 Å². The number of amides is 2. The molecule has 6 heteroatoms. The normalized spacial score (nSPS) is 25.2. The van der Waals surface area contributed by atoms with Gasteiger partial charge >= 0.3 is 0 Å². The number of carbonyl (C=O) groups is 2. The van der Waals surface area contributed by atoms with Crippen LogP contribution in [0, 0.1) is 5.92 Å². The second kappa shape index (κ2) is 8.38. The van der Waals surface area contributed by atoms with Crippen LogP contribution in [0.3, 0.4) is 0 Å². The summed E-state index contributed by atoms with van der Waals surface area (Å²) in [6.07, 6.45) is 8.45. The van der Waals surface area contributed by atoms with Crippen LogP contribution in [0.15, 0.2) is 24.4 Å². The molecular weight excluding hydrogens is 340 g/mol. The van der Waals surface area contributed by atoms with Crippen molar-refractivity contribution in [2.45, 2.75) is 51.1 Å². The lowest BCUT2D eigenvalue weighted by Gasteiger charge is -2.28. The zero-order chi connectivity index (χ0) is 18.6. The van der Waals surface area contributed by atoms with Crippen molar-refractivity contribution in [2.24, 2.45) is 5.92 Å². The van der Waals surface area contributed by atoms with Gasteiger partial charge in [0.15, 0.2) is 0 Å². The van der Waals surface area contributed by atoms with Gasteiger partial charge in [0.2, 0.25) is 11.8 Å². The van der Waals surface area contributed by atoms with E-state index in [9.17, 15) is 9.59 Å². The van der Waals surface area contributed by atoms with Crippen LogP contribution < -0.4 is 0 Å². The number of aromatic nitrogens is 1. The average Bonchev–Trinajstić information content (AvgIpc) is 3.27. The van der Waals surface area contributed by atoms with Crippen LogP contribution in [-0.4, -0.2) is 70.3 Å². The first-order valence-electron chi connectivity index (χ1n) is 10.4. The number of carbonyl (C=O) groups excluding carboxylic acids is 2. The van der Waals surface area contributed by atoms with E-state index in [-0.39, 0.29) is 17.7 Å². The highest BCUT2D eigenvalue weighted by molar-refractivity contribution is 5.89. The summed E-state index contributed by atoms with van der Waals surface area (Å²) in [4.78, 5) is 36.1. The minimum atomic E-state index is -0.195. The zero-order valence-corrected chi connectivity index (χ0v) is 16.1. The fourth-order valence-electron chi connectivity index (χ4n) is 4.83. The van der Waals surface area contributed by atoms with Crippen molar-refractivity contribution < 1.29 is 9.59 Å². The highest BCUT2D eigenvalue weighted by Gasteiger charge is 2.37. The summed E-state index contributed by atoms with van der Waals surface area (Å²) < 4.78 is 0. The molecule has 1 atom stereocenters. The summed E-state index contributed by atoms with van der Waals surface area (Å²) in [6, 6.07) is 6.45. The van der Waals surface area contributed by atoms with Gasteiger partial charge in [0, 0.05) is 51.4 Å². The lowest BCUT2D eigenvalue weighted by Crippen LogP contribution is -2.41. The van der Waals surface area contributed by atoms with Crippen LogP contribution in [0.5, 0.6) is 0 Å². The van der Waals surface area contributed by atoms with E-state index >= 15 is 0 Å². The Morgan fingerprint density at radius 2 is 1.93 bits per heavy atom. The van der Waals surface area contributed by atoms with Gasteiger partial charge in [-0.2, -0.15) is 0 Å². The highest BCUT2D eigenvalue weighted by atomic mass is 16.2. The smallest absolute Gasteiger partial charge is 0.228 e. The van der Waals surface area contributed by atoms with Crippen molar-refractivity contribution in [1.29, 1.82) is 0 Å². The molecule has 3 aliphatic rings. The monoisotopic (exact) mass is 370 g/mol. The van der Waals surface area contributed by atoms with Crippen molar-refractivity contribution in [3.8, 4) is 0 Å². The molecule has 0 N–H and O–H groups in total. The topological polar surface area (TPSA) is 56.8 Å². The van der Waals surface area contributed by atoms with Gasteiger partial charge in [-0.05, 0) is 31.4 Å². The lowest BCUT2D eigenvalue weighted by atomic mass is 10.1. The van der Waals surface area contributed by atoms with Crippen molar-refractivity contribution in [2.75, 3.05) is 32.7 Å². The van der Waals surface area contributed by atoms with Gasteiger partial charge < -0.3 is 9.80 Å². The molecule has 0 unspecified atom stereocenters. The molecule has 1 saturated carbocycles. The van der Waals surface area contributed by atoms with E-state index in [1.54, 1.807) is 11.1 Å². The molecule has 0 radical (unpaired) electrons. The van der Waals surface area contributed by atoms with E-state index in [1.807, 2.05) is 23.1 Å². The summed E-state index contributed by atoms with van der Waals surface area (Å²) in [5.74, 6) is 0.0424. The van der Waals surface area contributed by atoms with Crippen LogP contribution >= 0.6 is 0 Å². The second-order valence-electron chi connectivity index (χ2n) is 8.15. The van der Waals surface area contributed by atoms with Gasteiger partial charge in [-0.3, -0.25) is 19.5 Å². The first-order valence-corrected chi connectivity index (χ1v) is 10.4. The van der Waals surface area contributed by atoms with Gasteiger partial charge in [-0.1, -0.05) is 18.9 Å². The molecule has 2 amide bonds. The average molecular weight is 370 g/mol. The quantitative estimate of drug-likeness (QED) is 0.812. The summed E-state index contributed by atoms with van der Waals surface area (Å²) in [5, 5.41) is 0. The van der Waals surface area contributed by atoms with Crippen LogP contribution in [0.1, 0.15) is 44.2 Å². The number of nitrogens with zero attached hydrogens (tertiary/aromatic N) is 4. The molecule has 0 bridgehead atoms. The zero-order valence-electron chi connectivity index (χ0n) is 16.1. The van der Waals surface area contributed by atoms with Crippen LogP contribution in [0.25, 0.3) is 0 Å². The Bertz CT molecular complexity index is 659. The molecule has 2 saturated heterocycles. The number of hydrogen-bond donors (Lipinski definition) is 0. The molecule has 0 spiro atoms. The molecule has 1 aliphatic carbocycles. The Kier molecular flexibility index (Phi) is 5.72.